The lowest BCUT2D eigenvalue weighted by Crippen LogP contribution is -2.39. The van der Waals surface area contributed by atoms with Crippen molar-refractivity contribution in [1.29, 1.82) is 0 Å². The summed E-state index contributed by atoms with van der Waals surface area (Å²) in [5.74, 6) is 0.191. The van der Waals surface area contributed by atoms with E-state index in [1.165, 1.54) is 16.8 Å². The van der Waals surface area contributed by atoms with Crippen molar-refractivity contribution < 1.29 is 17.9 Å². The van der Waals surface area contributed by atoms with Crippen LogP contribution in [0.5, 0.6) is 5.75 Å². The lowest BCUT2D eigenvalue weighted by atomic mass is 9.95. The van der Waals surface area contributed by atoms with Crippen LogP contribution in [0.1, 0.15) is 50.5 Å². The molecule has 0 radical (unpaired) electrons. The van der Waals surface area contributed by atoms with E-state index in [4.69, 9.17) is 16.3 Å². The quantitative estimate of drug-likeness (QED) is 0.775. The minimum Gasteiger partial charge on any atom is -0.483 e. The lowest BCUT2D eigenvalue weighted by Gasteiger charge is -2.23. The summed E-state index contributed by atoms with van der Waals surface area (Å²) in [6.45, 7) is 2.66. The molecule has 1 amide bonds. The molecule has 8 heteroatoms. The van der Waals surface area contributed by atoms with Gasteiger partial charge in [-0.05, 0) is 44.2 Å². The molecule has 1 aromatic rings. The average molecular weight is 415 g/mol. The minimum absolute atomic E-state index is 0.0411. The zero-order chi connectivity index (χ0) is 19.4. The fourth-order valence-corrected chi connectivity index (χ4v) is 5.80. The summed E-state index contributed by atoms with van der Waals surface area (Å²) in [5.41, 5.74) is 0.700. The van der Waals surface area contributed by atoms with Crippen LogP contribution in [-0.4, -0.2) is 44.4 Å². The summed E-state index contributed by atoms with van der Waals surface area (Å²) in [6.07, 6.45) is 7.22. The molecule has 1 N–H and O–H groups in total. The van der Waals surface area contributed by atoms with Crippen LogP contribution in [0, 0.1) is 6.92 Å². The lowest BCUT2D eigenvalue weighted by molar-refractivity contribution is -0.124. The Morgan fingerprint density at radius 3 is 2.52 bits per heavy atom. The first kappa shape index (κ1) is 20.4. The van der Waals surface area contributed by atoms with Crippen molar-refractivity contribution in [3.05, 3.63) is 22.7 Å². The maximum atomic E-state index is 12.8. The average Bonchev–Trinajstić information content (AvgIpc) is 3.17. The third kappa shape index (κ3) is 4.95. The zero-order valence-corrected chi connectivity index (χ0v) is 17.2. The van der Waals surface area contributed by atoms with E-state index in [1.807, 2.05) is 0 Å². The summed E-state index contributed by atoms with van der Waals surface area (Å²) >= 11 is 6.22. The molecule has 1 saturated heterocycles. The molecule has 3 rings (SSSR count). The van der Waals surface area contributed by atoms with Crippen molar-refractivity contribution in [2.75, 3.05) is 19.7 Å². The summed E-state index contributed by atoms with van der Waals surface area (Å²) in [4.78, 5) is 12.2. The van der Waals surface area contributed by atoms with E-state index in [2.05, 4.69) is 5.32 Å². The topological polar surface area (TPSA) is 75.7 Å². The fourth-order valence-electron chi connectivity index (χ4n) is 3.71. The number of sulfonamides is 1. The smallest absolute Gasteiger partial charge is 0.258 e. The van der Waals surface area contributed by atoms with Gasteiger partial charge in [-0.3, -0.25) is 4.79 Å². The molecule has 0 unspecified atom stereocenters. The number of carbonyl (C=O) groups is 1. The first-order valence-electron chi connectivity index (χ1n) is 9.60. The standard InChI is InChI=1S/C19H27ClN2O4S/c1-14-11-16(20)18(27(24,25)22-9-5-6-10-22)12-17(14)26-13-19(23)21-15-7-3-2-4-8-15/h11-12,15H,2-10,13H2,1H3,(H,21,23). The highest BCUT2D eigenvalue weighted by atomic mass is 35.5. The molecule has 0 atom stereocenters. The highest BCUT2D eigenvalue weighted by molar-refractivity contribution is 7.89. The maximum absolute atomic E-state index is 12.8. The van der Waals surface area contributed by atoms with E-state index in [9.17, 15) is 13.2 Å². The molecule has 1 saturated carbocycles. The molecule has 1 heterocycles. The van der Waals surface area contributed by atoms with Crippen LogP contribution < -0.4 is 10.1 Å². The van der Waals surface area contributed by atoms with E-state index >= 15 is 0 Å². The molecule has 150 valence electrons. The van der Waals surface area contributed by atoms with Gasteiger partial charge < -0.3 is 10.1 Å². The number of carbonyl (C=O) groups excluding carboxylic acids is 1. The van der Waals surface area contributed by atoms with Gasteiger partial charge in [0.15, 0.2) is 6.61 Å². The number of rotatable bonds is 6. The Balaban J connectivity index is 1.69. The first-order valence-corrected chi connectivity index (χ1v) is 11.4. The van der Waals surface area contributed by atoms with Crippen LogP contribution in [0.3, 0.4) is 0 Å². The number of hydrogen-bond donors (Lipinski definition) is 1. The van der Waals surface area contributed by atoms with Gasteiger partial charge in [0.25, 0.3) is 5.91 Å². The van der Waals surface area contributed by atoms with E-state index in [0.717, 1.165) is 38.5 Å². The van der Waals surface area contributed by atoms with Crippen LogP contribution in [0.2, 0.25) is 5.02 Å². The summed E-state index contributed by atoms with van der Waals surface area (Å²) < 4.78 is 32.7. The molecule has 1 aromatic carbocycles. The van der Waals surface area contributed by atoms with Crippen molar-refractivity contribution in [2.45, 2.75) is 62.8 Å². The molecule has 0 aromatic heterocycles. The van der Waals surface area contributed by atoms with E-state index in [0.29, 0.717) is 24.4 Å². The zero-order valence-electron chi connectivity index (χ0n) is 15.7. The van der Waals surface area contributed by atoms with Crippen molar-refractivity contribution in [3.8, 4) is 5.75 Å². The van der Waals surface area contributed by atoms with Gasteiger partial charge in [0.2, 0.25) is 10.0 Å². The molecule has 1 aliphatic heterocycles. The number of nitrogens with zero attached hydrogens (tertiary/aromatic N) is 1. The molecule has 6 nitrogen and oxygen atoms in total. The van der Waals surface area contributed by atoms with Crippen LogP contribution in [0.4, 0.5) is 0 Å². The Bertz CT molecular complexity index is 785. The molecule has 0 bridgehead atoms. The molecule has 2 fully saturated rings. The third-order valence-electron chi connectivity index (χ3n) is 5.24. The summed E-state index contributed by atoms with van der Waals surface area (Å²) in [6, 6.07) is 3.24. The van der Waals surface area contributed by atoms with E-state index in [-0.39, 0.29) is 28.5 Å². The molecular formula is C19H27ClN2O4S. The molecule has 27 heavy (non-hydrogen) atoms. The number of nitrogens with one attached hydrogen (secondary N) is 1. The normalized spacial score (nSPS) is 19.2. The molecule has 0 spiro atoms. The summed E-state index contributed by atoms with van der Waals surface area (Å²) in [7, 11) is -3.65. The van der Waals surface area contributed by atoms with Crippen molar-refractivity contribution in [2.24, 2.45) is 0 Å². The van der Waals surface area contributed by atoms with Gasteiger partial charge >= 0.3 is 0 Å². The molecule has 2 aliphatic rings. The highest BCUT2D eigenvalue weighted by Gasteiger charge is 2.30. The number of amides is 1. The monoisotopic (exact) mass is 414 g/mol. The van der Waals surface area contributed by atoms with Gasteiger partial charge in [0.05, 0.1) is 5.02 Å². The van der Waals surface area contributed by atoms with Gasteiger partial charge in [-0.1, -0.05) is 30.9 Å². The van der Waals surface area contributed by atoms with Crippen LogP contribution in [0.15, 0.2) is 17.0 Å². The number of ether oxygens (including phenoxy) is 1. The van der Waals surface area contributed by atoms with Gasteiger partial charge in [-0.15, -0.1) is 0 Å². The Morgan fingerprint density at radius 1 is 1.19 bits per heavy atom. The second-order valence-corrected chi connectivity index (χ2v) is 9.66. The van der Waals surface area contributed by atoms with E-state index in [1.54, 1.807) is 13.0 Å². The van der Waals surface area contributed by atoms with Gasteiger partial charge in [0.1, 0.15) is 10.6 Å². The molecular weight excluding hydrogens is 388 g/mol. The number of benzene rings is 1. The second kappa shape index (κ2) is 8.80. The van der Waals surface area contributed by atoms with Crippen molar-refractivity contribution >= 4 is 27.5 Å². The first-order chi connectivity index (χ1) is 12.9. The molecule has 1 aliphatic carbocycles. The van der Waals surface area contributed by atoms with Crippen LogP contribution in [0.25, 0.3) is 0 Å². The predicted octanol–water partition coefficient (Wildman–Crippen LogP) is 3.26. The van der Waals surface area contributed by atoms with E-state index < -0.39 is 10.0 Å². The Morgan fingerprint density at radius 2 is 1.85 bits per heavy atom. The second-order valence-electron chi connectivity index (χ2n) is 7.35. The SMILES string of the molecule is Cc1cc(Cl)c(S(=O)(=O)N2CCCC2)cc1OCC(=O)NC1CCCCC1. The Labute approximate surface area is 166 Å². The third-order valence-corrected chi connectivity index (χ3v) is 7.60. The Kier molecular flexibility index (Phi) is 6.65. The highest BCUT2D eigenvalue weighted by Crippen LogP contribution is 2.33. The van der Waals surface area contributed by atoms with Crippen molar-refractivity contribution in [1.82, 2.24) is 9.62 Å². The van der Waals surface area contributed by atoms with Crippen LogP contribution >= 0.6 is 11.6 Å². The van der Waals surface area contributed by atoms with Gasteiger partial charge in [-0.2, -0.15) is 4.31 Å². The largest absolute Gasteiger partial charge is 0.483 e. The number of aryl methyl sites for hydroxylation is 1. The maximum Gasteiger partial charge on any atom is 0.258 e. The predicted molar refractivity (Wildman–Crippen MR) is 105 cm³/mol. The number of hydrogen-bond acceptors (Lipinski definition) is 4. The fraction of sp³-hybridized carbons (Fsp3) is 0.632. The van der Waals surface area contributed by atoms with Gasteiger partial charge in [0, 0.05) is 25.2 Å². The Hall–Kier alpha value is -1.31. The van der Waals surface area contributed by atoms with Crippen molar-refractivity contribution in [3.63, 3.8) is 0 Å². The minimum atomic E-state index is -3.65. The number of halogens is 1. The van der Waals surface area contributed by atoms with Crippen LogP contribution in [-0.2, 0) is 14.8 Å². The summed E-state index contributed by atoms with van der Waals surface area (Å²) in [5, 5.41) is 3.17. The van der Waals surface area contributed by atoms with Gasteiger partial charge in [-0.25, -0.2) is 8.42 Å².